The molecule has 0 saturated carbocycles. The van der Waals surface area contributed by atoms with Crippen molar-refractivity contribution in [2.45, 2.75) is 5.03 Å². The molecule has 0 bridgehead atoms. The molecule has 1 heterocycles. The Kier molecular flexibility index (Phi) is 1.43. The van der Waals surface area contributed by atoms with Gasteiger partial charge in [0.25, 0.3) is 0 Å². The summed E-state index contributed by atoms with van der Waals surface area (Å²) in [6.07, 6.45) is 1.49. The molecule has 11 heavy (non-hydrogen) atoms. The number of rotatable bonds is 0. The molecule has 3 heteroatoms. The Bertz CT molecular complexity index is 381. The monoisotopic (exact) mass is 161 g/mol. The van der Waals surface area contributed by atoms with Gasteiger partial charge in [-0.25, -0.2) is 9.97 Å². The largest absolute Gasteiger partial charge is 0.236 e. The fourth-order valence-corrected chi connectivity index (χ4v) is 1.20. The first-order valence-corrected chi connectivity index (χ1v) is 3.65. The van der Waals surface area contributed by atoms with E-state index in [1.165, 1.54) is 6.33 Å². The lowest BCUT2D eigenvalue weighted by Gasteiger charge is -1.95. The first kappa shape index (κ1) is 6.49. The van der Waals surface area contributed by atoms with Gasteiger partial charge in [-0.1, -0.05) is 24.8 Å². The van der Waals surface area contributed by atoms with Crippen LogP contribution in [0.25, 0.3) is 10.9 Å². The van der Waals surface area contributed by atoms with Gasteiger partial charge in [-0.05, 0) is 12.1 Å². The van der Waals surface area contributed by atoms with Crippen LogP contribution in [0.1, 0.15) is 0 Å². The van der Waals surface area contributed by atoms with Crippen LogP contribution in [0.15, 0.2) is 35.6 Å². The summed E-state index contributed by atoms with van der Waals surface area (Å²) >= 11 is 5.00. The molecule has 2 rings (SSSR count). The van der Waals surface area contributed by atoms with Crippen LogP contribution in [0.5, 0.6) is 0 Å². The maximum Gasteiger partial charge on any atom is 0.137 e. The normalized spacial score (nSPS) is 10.2. The summed E-state index contributed by atoms with van der Waals surface area (Å²) in [5.41, 5.74) is 0.910. The summed E-state index contributed by atoms with van der Waals surface area (Å²) in [5.74, 6) is 0. The second-order valence-corrected chi connectivity index (χ2v) is 2.58. The van der Waals surface area contributed by atoms with Gasteiger partial charge in [0.2, 0.25) is 0 Å². The van der Waals surface area contributed by atoms with Gasteiger partial charge in [-0.2, -0.15) is 0 Å². The average Bonchev–Trinajstić information content (AvgIpc) is 2.06. The Morgan fingerprint density at radius 2 is 1.91 bits per heavy atom. The van der Waals surface area contributed by atoms with E-state index in [1.54, 1.807) is 0 Å². The van der Waals surface area contributed by atoms with Gasteiger partial charge in [0, 0.05) is 5.39 Å². The standard InChI is InChI=1S/C8H5N2S/c11-8-6-3-1-2-4-7(6)9-5-10-8/h1-5H. The molecule has 0 aliphatic rings. The van der Waals surface area contributed by atoms with Crippen LogP contribution >= 0.6 is 12.6 Å². The van der Waals surface area contributed by atoms with E-state index in [0.29, 0.717) is 5.03 Å². The SMILES string of the molecule is [S]c1ncnc2ccccc12. The van der Waals surface area contributed by atoms with Crippen LogP contribution in [-0.2, 0) is 0 Å². The summed E-state index contributed by atoms with van der Waals surface area (Å²) in [4.78, 5) is 7.98. The first-order valence-electron chi connectivity index (χ1n) is 3.25. The van der Waals surface area contributed by atoms with E-state index in [4.69, 9.17) is 12.6 Å². The van der Waals surface area contributed by atoms with E-state index >= 15 is 0 Å². The Labute approximate surface area is 69.7 Å². The lowest BCUT2D eigenvalue weighted by Crippen LogP contribution is -1.82. The number of benzene rings is 1. The Morgan fingerprint density at radius 1 is 1.09 bits per heavy atom. The number of fused-ring (bicyclic) bond motifs is 1. The van der Waals surface area contributed by atoms with Crippen LogP contribution in [0.3, 0.4) is 0 Å². The third-order valence-corrected chi connectivity index (χ3v) is 1.83. The number of aromatic nitrogens is 2. The number of hydrogen-bond acceptors (Lipinski definition) is 2. The van der Waals surface area contributed by atoms with Gasteiger partial charge in [-0.15, -0.1) is 0 Å². The molecule has 2 nitrogen and oxygen atoms in total. The lowest BCUT2D eigenvalue weighted by atomic mass is 10.2. The summed E-state index contributed by atoms with van der Waals surface area (Å²) in [6, 6.07) is 7.72. The molecule has 0 amide bonds. The van der Waals surface area contributed by atoms with Crippen molar-refractivity contribution in [3.63, 3.8) is 0 Å². The van der Waals surface area contributed by atoms with E-state index in [-0.39, 0.29) is 0 Å². The molecule has 1 aromatic carbocycles. The first-order chi connectivity index (χ1) is 5.38. The van der Waals surface area contributed by atoms with Crippen molar-refractivity contribution in [3.05, 3.63) is 30.6 Å². The predicted octanol–water partition coefficient (Wildman–Crippen LogP) is 2.19. The highest BCUT2D eigenvalue weighted by atomic mass is 32.1. The minimum absolute atomic E-state index is 0.621. The van der Waals surface area contributed by atoms with Gasteiger partial charge >= 0.3 is 0 Å². The zero-order valence-electron chi connectivity index (χ0n) is 5.69. The Balaban J connectivity index is 2.91. The number of para-hydroxylation sites is 1. The highest BCUT2D eigenvalue weighted by Crippen LogP contribution is 2.15. The Morgan fingerprint density at radius 3 is 2.73 bits per heavy atom. The smallest absolute Gasteiger partial charge is 0.137 e. The van der Waals surface area contributed by atoms with E-state index < -0.39 is 0 Å². The van der Waals surface area contributed by atoms with Crippen LogP contribution < -0.4 is 0 Å². The van der Waals surface area contributed by atoms with Gasteiger partial charge in [0.05, 0.1) is 5.52 Å². The van der Waals surface area contributed by atoms with E-state index in [9.17, 15) is 0 Å². The van der Waals surface area contributed by atoms with Crippen molar-refractivity contribution in [2.75, 3.05) is 0 Å². The molecular weight excluding hydrogens is 156 g/mol. The van der Waals surface area contributed by atoms with Crippen molar-refractivity contribution < 1.29 is 0 Å². The second kappa shape index (κ2) is 2.43. The number of nitrogens with zero attached hydrogens (tertiary/aromatic N) is 2. The summed E-state index contributed by atoms with van der Waals surface area (Å²) in [7, 11) is 0. The molecule has 1 aromatic heterocycles. The molecule has 0 N–H and O–H groups in total. The summed E-state index contributed by atoms with van der Waals surface area (Å²) < 4.78 is 0. The van der Waals surface area contributed by atoms with Crippen LogP contribution in [-0.4, -0.2) is 9.97 Å². The summed E-state index contributed by atoms with van der Waals surface area (Å²) in [6.45, 7) is 0. The van der Waals surface area contributed by atoms with Crippen LogP contribution in [0, 0.1) is 0 Å². The molecule has 0 aliphatic heterocycles. The number of hydrogen-bond donors (Lipinski definition) is 0. The molecule has 53 valence electrons. The lowest BCUT2D eigenvalue weighted by molar-refractivity contribution is 1.11. The fourth-order valence-electron chi connectivity index (χ4n) is 0.980. The van der Waals surface area contributed by atoms with Crippen molar-refractivity contribution in [1.29, 1.82) is 0 Å². The quantitative estimate of drug-likeness (QED) is 0.553. The van der Waals surface area contributed by atoms with Crippen molar-refractivity contribution in [2.24, 2.45) is 0 Å². The fraction of sp³-hybridized carbons (Fsp3) is 0. The zero-order chi connectivity index (χ0) is 7.68. The van der Waals surface area contributed by atoms with E-state index in [1.807, 2.05) is 24.3 Å². The molecule has 0 fully saturated rings. The minimum Gasteiger partial charge on any atom is -0.236 e. The molecule has 0 atom stereocenters. The molecule has 1 radical (unpaired) electrons. The minimum atomic E-state index is 0.621. The van der Waals surface area contributed by atoms with Crippen LogP contribution in [0.4, 0.5) is 0 Å². The highest BCUT2D eigenvalue weighted by molar-refractivity contribution is 7.80. The van der Waals surface area contributed by atoms with E-state index in [2.05, 4.69) is 9.97 Å². The van der Waals surface area contributed by atoms with Crippen molar-refractivity contribution in [3.8, 4) is 0 Å². The Hall–Kier alpha value is -1.22. The van der Waals surface area contributed by atoms with Gasteiger partial charge in [-0.3, -0.25) is 0 Å². The third kappa shape index (κ3) is 1.03. The molecule has 0 spiro atoms. The molecule has 0 aliphatic carbocycles. The topological polar surface area (TPSA) is 25.8 Å². The molecule has 2 aromatic rings. The van der Waals surface area contributed by atoms with Gasteiger partial charge in [0.1, 0.15) is 11.4 Å². The van der Waals surface area contributed by atoms with Crippen molar-refractivity contribution >= 4 is 23.5 Å². The maximum absolute atomic E-state index is 5.00. The van der Waals surface area contributed by atoms with Gasteiger partial charge in [0.15, 0.2) is 0 Å². The molecule has 0 unspecified atom stereocenters. The maximum atomic E-state index is 5.00. The highest BCUT2D eigenvalue weighted by Gasteiger charge is 1.96. The molecular formula is C8H5N2S. The van der Waals surface area contributed by atoms with E-state index in [0.717, 1.165) is 10.9 Å². The van der Waals surface area contributed by atoms with Crippen molar-refractivity contribution in [1.82, 2.24) is 9.97 Å². The van der Waals surface area contributed by atoms with Gasteiger partial charge < -0.3 is 0 Å². The third-order valence-electron chi connectivity index (χ3n) is 1.51. The predicted molar refractivity (Wildman–Crippen MR) is 45.4 cm³/mol. The zero-order valence-corrected chi connectivity index (χ0v) is 6.51. The second-order valence-electron chi connectivity index (χ2n) is 2.20. The summed E-state index contributed by atoms with van der Waals surface area (Å²) in [5, 5.41) is 1.57. The van der Waals surface area contributed by atoms with Crippen LogP contribution in [0.2, 0.25) is 0 Å². The average molecular weight is 161 g/mol. The molecule has 0 saturated heterocycles.